The lowest BCUT2D eigenvalue weighted by atomic mass is 10.1. The molecule has 1 amide bonds. The Balaban J connectivity index is 1.60. The molecule has 0 aliphatic rings. The number of hydrogen-bond donors (Lipinski definition) is 1. The van der Waals surface area contributed by atoms with Gasteiger partial charge in [-0.25, -0.2) is 13.2 Å². The van der Waals surface area contributed by atoms with Crippen LogP contribution in [0, 0.1) is 6.92 Å². The summed E-state index contributed by atoms with van der Waals surface area (Å²) in [5.41, 5.74) is 3.02. The van der Waals surface area contributed by atoms with Crippen molar-refractivity contribution >= 4 is 44.9 Å². The van der Waals surface area contributed by atoms with Gasteiger partial charge in [-0.15, -0.1) is 0 Å². The number of hydrogen-bond acceptors (Lipinski definition) is 5. The number of ether oxygens (including phenoxy) is 1. The molecule has 0 radical (unpaired) electrons. The van der Waals surface area contributed by atoms with Gasteiger partial charge in [0.15, 0.2) is 0 Å². The van der Waals surface area contributed by atoms with Crippen LogP contribution in [0.3, 0.4) is 0 Å². The summed E-state index contributed by atoms with van der Waals surface area (Å²) < 4.78 is 33.4. The number of rotatable bonds is 8. The van der Waals surface area contributed by atoms with E-state index >= 15 is 0 Å². The van der Waals surface area contributed by atoms with Gasteiger partial charge in [0.1, 0.15) is 0 Å². The van der Waals surface area contributed by atoms with E-state index in [-0.39, 0.29) is 17.3 Å². The minimum Gasteiger partial charge on any atom is -0.465 e. The fourth-order valence-corrected chi connectivity index (χ4v) is 5.54. The summed E-state index contributed by atoms with van der Waals surface area (Å²) in [5.74, 6) is -0.881. The maximum Gasteiger partial charge on any atom is 0.337 e. The summed E-state index contributed by atoms with van der Waals surface area (Å²) in [5, 5.41) is 3.17. The van der Waals surface area contributed by atoms with E-state index < -0.39 is 16.0 Å². The minimum absolute atomic E-state index is 0.0292. The lowest BCUT2D eigenvalue weighted by Crippen LogP contribution is -2.31. The molecule has 4 aromatic carbocycles. The van der Waals surface area contributed by atoms with Gasteiger partial charge in [-0.1, -0.05) is 54.1 Å². The van der Waals surface area contributed by atoms with Gasteiger partial charge in [0.25, 0.3) is 15.9 Å². The standard InChI is InChI=1S/C29H25ClN2O5S/c1-20-11-16-24(30)18-27(20)32(38(35,36)26-9-4-3-5-10-26)19-21-12-14-22(15-13-21)28(33)31-25-8-6-7-23(17-25)29(34)37-2/h3-18H,19H2,1-2H3,(H,31,33). The van der Waals surface area contributed by atoms with Gasteiger partial charge in [0.2, 0.25) is 0 Å². The smallest absolute Gasteiger partial charge is 0.337 e. The molecule has 0 atom stereocenters. The molecule has 7 nitrogen and oxygen atoms in total. The van der Waals surface area contributed by atoms with Crippen molar-refractivity contribution < 1.29 is 22.7 Å². The molecular formula is C29H25ClN2O5S. The van der Waals surface area contributed by atoms with E-state index in [2.05, 4.69) is 5.32 Å². The van der Waals surface area contributed by atoms with Crippen LogP contribution in [0.15, 0.2) is 102 Å². The lowest BCUT2D eigenvalue weighted by molar-refractivity contribution is 0.0600. The maximum absolute atomic E-state index is 13.7. The second-order valence-corrected chi connectivity index (χ2v) is 10.8. The Morgan fingerprint density at radius 1 is 0.868 bits per heavy atom. The number of aryl methyl sites for hydroxylation is 1. The van der Waals surface area contributed by atoms with E-state index in [1.807, 2.05) is 6.92 Å². The third-order valence-electron chi connectivity index (χ3n) is 5.85. The van der Waals surface area contributed by atoms with Gasteiger partial charge in [0, 0.05) is 16.3 Å². The normalized spacial score (nSPS) is 11.0. The topological polar surface area (TPSA) is 92.8 Å². The Morgan fingerprint density at radius 3 is 2.26 bits per heavy atom. The van der Waals surface area contributed by atoms with Crippen LogP contribution in [0.4, 0.5) is 11.4 Å². The van der Waals surface area contributed by atoms with Crippen LogP contribution in [-0.4, -0.2) is 27.4 Å². The molecule has 194 valence electrons. The molecule has 0 heterocycles. The second kappa shape index (κ2) is 11.5. The molecule has 1 N–H and O–H groups in total. The number of carbonyl (C=O) groups excluding carboxylic acids is 2. The molecule has 4 aromatic rings. The van der Waals surface area contributed by atoms with Crippen LogP contribution < -0.4 is 9.62 Å². The molecule has 0 saturated heterocycles. The Hall–Kier alpha value is -4.14. The number of methoxy groups -OCH3 is 1. The number of amides is 1. The molecule has 0 spiro atoms. The predicted octanol–water partition coefficient (Wildman–Crippen LogP) is 6.08. The van der Waals surface area contributed by atoms with Crippen molar-refractivity contribution in [2.24, 2.45) is 0 Å². The van der Waals surface area contributed by atoms with E-state index in [9.17, 15) is 18.0 Å². The van der Waals surface area contributed by atoms with Gasteiger partial charge in [-0.3, -0.25) is 9.10 Å². The SMILES string of the molecule is COC(=O)c1cccc(NC(=O)c2ccc(CN(c3cc(Cl)ccc3C)S(=O)(=O)c3ccccc3)cc2)c1. The molecule has 0 aliphatic heterocycles. The second-order valence-electron chi connectivity index (χ2n) is 8.48. The zero-order chi connectivity index (χ0) is 27.3. The Bertz CT molecular complexity index is 1570. The van der Waals surface area contributed by atoms with Gasteiger partial charge < -0.3 is 10.1 Å². The van der Waals surface area contributed by atoms with Crippen molar-refractivity contribution in [3.63, 3.8) is 0 Å². The van der Waals surface area contributed by atoms with Crippen LogP contribution in [0.25, 0.3) is 0 Å². The Kier molecular flexibility index (Phi) is 8.14. The summed E-state index contributed by atoms with van der Waals surface area (Å²) in [6.45, 7) is 1.85. The van der Waals surface area contributed by atoms with E-state index in [4.69, 9.17) is 16.3 Å². The van der Waals surface area contributed by atoms with E-state index in [1.165, 1.54) is 17.5 Å². The molecule has 0 aliphatic carbocycles. The molecule has 0 bridgehead atoms. The Labute approximate surface area is 226 Å². The monoisotopic (exact) mass is 548 g/mol. The summed E-state index contributed by atoms with van der Waals surface area (Å²) in [7, 11) is -2.63. The number of nitrogens with one attached hydrogen (secondary N) is 1. The van der Waals surface area contributed by atoms with Crippen molar-refractivity contribution in [3.05, 3.63) is 124 Å². The van der Waals surface area contributed by atoms with Crippen LogP contribution in [0.1, 0.15) is 31.8 Å². The molecule has 9 heteroatoms. The molecule has 0 aromatic heterocycles. The number of carbonyl (C=O) groups is 2. The number of halogens is 1. The predicted molar refractivity (Wildman–Crippen MR) is 148 cm³/mol. The highest BCUT2D eigenvalue weighted by Gasteiger charge is 2.26. The van der Waals surface area contributed by atoms with Gasteiger partial charge in [-0.05, 0) is 72.6 Å². The number of sulfonamides is 1. The average molecular weight is 549 g/mol. The first-order valence-corrected chi connectivity index (χ1v) is 13.4. The summed E-state index contributed by atoms with van der Waals surface area (Å²) >= 11 is 6.23. The minimum atomic E-state index is -3.91. The van der Waals surface area contributed by atoms with Gasteiger partial charge in [-0.2, -0.15) is 0 Å². The average Bonchev–Trinajstić information content (AvgIpc) is 2.93. The lowest BCUT2D eigenvalue weighted by Gasteiger charge is -2.26. The number of esters is 1. The van der Waals surface area contributed by atoms with E-state index in [1.54, 1.807) is 91.0 Å². The molecule has 0 unspecified atom stereocenters. The Morgan fingerprint density at radius 2 is 1.58 bits per heavy atom. The maximum atomic E-state index is 13.7. The van der Waals surface area contributed by atoms with E-state index in [0.29, 0.717) is 33.1 Å². The van der Waals surface area contributed by atoms with Crippen molar-refractivity contribution in [2.45, 2.75) is 18.4 Å². The molecule has 38 heavy (non-hydrogen) atoms. The number of nitrogens with zero attached hydrogens (tertiary/aromatic N) is 1. The highest BCUT2D eigenvalue weighted by molar-refractivity contribution is 7.92. The van der Waals surface area contributed by atoms with Crippen molar-refractivity contribution in [1.29, 1.82) is 0 Å². The van der Waals surface area contributed by atoms with E-state index in [0.717, 1.165) is 5.56 Å². The van der Waals surface area contributed by atoms with Crippen molar-refractivity contribution in [3.8, 4) is 0 Å². The zero-order valence-corrected chi connectivity index (χ0v) is 22.3. The quantitative estimate of drug-likeness (QED) is 0.269. The van der Waals surface area contributed by atoms with Crippen molar-refractivity contribution in [1.82, 2.24) is 0 Å². The van der Waals surface area contributed by atoms with Crippen LogP contribution in [0.2, 0.25) is 5.02 Å². The van der Waals surface area contributed by atoms with Gasteiger partial charge in [0.05, 0.1) is 29.8 Å². The first-order chi connectivity index (χ1) is 18.2. The highest BCUT2D eigenvalue weighted by Crippen LogP contribution is 2.31. The van der Waals surface area contributed by atoms with Crippen molar-refractivity contribution in [2.75, 3.05) is 16.7 Å². The molecule has 4 rings (SSSR count). The summed E-state index contributed by atoms with van der Waals surface area (Å²) in [6.07, 6.45) is 0. The number of benzene rings is 4. The molecule has 0 fully saturated rings. The van der Waals surface area contributed by atoms with Crippen LogP contribution >= 0.6 is 11.6 Å². The number of anilines is 2. The third kappa shape index (κ3) is 6.04. The first-order valence-electron chi connectivity index (χ1n) is 11.6. The zero-order valence-electron chi connectivity index (χ0n) is 20.7. The van der Waals surface area contributed by atoms with Crippen LogP contribution in [-0.2, 0) is 21.3 Å². The largest absolute Gasteiger partial charge is 0.465 e. The first kappa shape index (κ1) is 26.9. The van der Waals surface area contributed by atoms with Gasteiger partial charge >= 0.3 is 5.97 Å². The third-order valence-corrected chi connectivity index (χ3v) is 7.86. The molecule has 0 saturated carbocycles. The fraction of sp³-hybridized carbons (Fsp3) is 0.103. The highest BCUT2D eigenvalue weighted by atomic mass is 35.5. The fourth-order valence-electron chi connectivity index (χ4n) is 3.84. The molecular weight excluding hydrogens is 524 g/mol. The summed E-state index contributed by atoms with van der Waals surface area (Å²) in [4.78, 5) is 24.7. The summed E-state index contributed by atoms with van der Waals surface area (Å²) in [6, 6.07) is 26.4. The van der Waals surface area contributed by atoms with Crippen LogP contribution in [0.5, 0.6) is 0 Å².